The van der Waals surface area contributed by atoms with Crippen LogP contribution in [-0.2, 0) is 6.42 Å². The molecule has 0 bridgehead atoms. The third-order valence-electron chi connectivity index (χ3n) is 5.29. The number of allylic oxidation sites excluding steroid dienone is 1. The summed E-state index contributed by atoms with van der Waals surface area (Å²) in [6.07, 6.45) is 11.7. The lowest BCUT2D eigenvalue weighted by molar-refractivity contribution is 0.0996. The molecule has 2 aliphatic rings. The average molecular weight is 321 g/mol. The summed E-state index contributed by atoms with van der Waals surface area (Å²) in [4.78, 5) is 4.09. The molecule has 0 N–H and O–H groups in total. The van der Waals surface area contributed by atoms with E-state index in [9.17, 15) is 0 Å². The van der Waals surface area contributed by atoms with E-state index >= 15 is 0 Å². The molecule has 1 fully saturated rings. The molecule has 1 saturated carbocycles. The topological polar surface area (TPSA) is 31.4 Å². The van der Waals surface area contributed by atoms with E-state index in [1.54, 1.807) is 7.11 Å². The fourth-order valence-electron chi connectivity index (χ4n) is 4.08. The van der Waals surface area contributed by atoms with Gasteiger partial charge in [-0.2, -0.15) is 0 Å². The number of methoxy groups -OCH3 is 1. The fraction of sp³-hybridized carbons (Fsp3) is 0.381. The largest absolute Gasteiger partial charge is 0.493 e. The molecule has 2 heterocycles. The summed E-state index contributed by atoms with van der Waals surface area (Å²) in [6.45, 7) is 2.17. The molecule has 1 aliphatic heterocycles. The first-order chi connectivity index (χ1) is 11.7. The van der Waals surface area contributed by atoms with Crippen LogP contribution in [0.5, 0.6) is 11.5 Å². The van der Waals surface area contributed by atoms with Gasteiger partial charge in [-0.05, 0) is 67.5 Å². The minimum Gasteiger partial charge on any atom is -0.493 e. The van der Waals surface area contributed by atoms with Crippen molar-refractivity contribution in [2.75, 3.05) is 7.11 Å². The standard InChI is InChI=1S/C21H23NO2/c1-15(13-16-7-11-22-12-8-16)17-5-6-19(23-2)20-18(17)14-21(24-20)9-3-4-10-21/h5-8,11-13H,3-4,9-10,14H2,1-2H3. The molecule has 3 heteroatoms. The lowest BCUT2D eigenvalue weighted by atomic mass is 9.90. The van der Waals surface area contributed by atoms with Crippen LogP contribution >= 0.6 is 0 Å². The number of aromatic nitrogens is 1. The summed E-state index contributed by atoms with van der Waals surface area (Å²) < 4.78 is 12.0. The van der Waals surface area contributed by atoms with Gasteiger partial charge in [0.15, 0.2) is 11.5 Å². The zero-order chi connectivity index (χ0) is 16.6. The highest BCUT2D eigenvalue weighted by molar-refractivity contribution is 5.83. The van der Waals surface area contributed by atoms with E-state index in [1.165, 1.54) is 35.1 Å². The third kappa shape index (κ3) is 2.58. The van der Waals surface area contributed by atoms with Gasteiger partial charge in [0.1, 0.15) is 5.60 Å². The van der Waals surface area contributed by atoms with Crippen LogP contribution in [0, 0.1) is 0 Å². The molecule has 0 unspecified atom stereocenters. The maximum absolute atomic E-state index is 6.46. The van der Waals surface area contributed by atoms with Crippen LogP contribution in [0.25, 0.3) is 11.6 Å². The van der Waals surface area contributed by atoms with Gasteiger partial charge in [-0.1, -0.05) is 12.1 Å². The zero-order valence-corrected chi connectivity index (χ0v) is 14.3. The van der Waals surface area contributed by atoms with Crippen molar-refractivity contribution in [1.29, 1.82) is 0 Å². The first kappa shape index (κ1) is 15.3. The maximum atomic E-state index is 6.46. The van der Waals surface area contributed by atoms with Gasteiger partial charge < -0.3 is 9.47 Å². The molecule has 0 amide bonds. The molecule has 1 aromatic carbocycles. The number of hydrogen-bond acceptors (Lipinski definition) is 3. The zero-order valence-electron chi connectivity index (χ0n) is 14.3. The molecular weight excluding hydrogens is 298 g/mol. The Morgan fingerprint density at radius 3 is 2.62 bits per heavy atom. The summed E-state index contributed by atoms with van der Waals surface area (Å²) in [6, 6.07) is 8.26. The number of hydrogen-bond donors (Lipinski definition) is 0. The summed E-state index contributed by atoms with van der Waals surface area (Å²) in [7, 11) is 1.72. The highest BCUT2D eigenvalue weighted by Gasteiger charge is 2.44. The molecular formula is C21H23NO2. The van der Waals surface area contributed by atoms with Crippen LogP contribution in [0.15, 0.2) is 36.7 Å². The van der Waals surface area contributed by atoms with Crippen molar-refractivity contribution in [3.05, 3.63) is 53.3 Å². The molecule has 4 rings (SSSR count). The first-order valence-electron chi connectivity index (χ1n) is 8.68. The fourth-order valence-corrected chi connectivity index (χ4v) is 4.08. The molecule has 24 heavy (non-hydrogen) atoms. The third-order valence-corrected chi connectivity index (χ3v) is 5.29. The number of ether oxygens (including phenoxy) is 2. The van der Waals surface area contributed by atoms with Gasteiger partial charge in [-0.25, -0.2) is 0 Å². The Kier molecular flexibility index (Phi) is 3.79. The molecule has 1 aromatic heterocycles. The van der Waals surface area contributed by atoms with E-state index in [0.717, 1.165) is 30.8 Å². The highest BCUT2D eigenvalue weighted by Crippen LogP contribution is 2.50. The van der Waals surface area contributed by atoms with Crippen molar-refractivity contribution in [2.24, 2.45) is 0 Å². The van der Waals surface area contributed by atoms with Crippen molar-refractivity contribution in [2.45, 2.75) is 44.6 Å². The van der Waals surface area contributed by atoms with Crippen LogP contribution in [0.2, 0.25) is 0 Å². The Bertz CT molecular complexity index is 774. The Morgan fingerprint density at radius 1 is 1.17 bits per heavy atom. The molecule has 124 valence electrons. The number of nitrogens with zero attached hydrogens (tertiary/aromatic N) is 1. The van der Waals surface area contributed by atoms with Crippen molar-refractivity contribution in [1.82, 2.24) is 4.98 Å². The normalized spacial score (nSPS) is 18.5. The SMILES string of the molecule is COc1ccc(C(C)=Cc2ccncc2)c2c1OC1(CCCC1)C2. The van der Waals surface area contributed by atoms with Crippen molar-refractivity contribution in [3.8, 4) is 11.5 Å². The number of benzene rings is 1. The van der Waals surface area contributed by atoms with Crippen LogP contribution in [0.3, 0.4) is 0 Å². The van der Waals surface area contributed by atoms with Gasteiger partial charge >= 0.3 is 0 Å². The Morgan fingerprint density at radius 2 is 1.92 bits per heavy atom. The number of rotatable bonds is 3. The minimum absolute atomic E-state index is 0.00264. The van der Waals surface area contributed by atoms with Gasteiger partial charge in [-0.15, -0.1) is 0 Å². The van der Waals surface area contributed by atoms with Gasteiger partial charge in [0, 0.05) is 24.4 Å². The first-order valence-corrected chi connectivity index (χ1v) is 8.68. The van der Waals surface area contributed by atoms with Crippen LogP contribution in [0.4, 0.5) is 0 Å². The number of pyridine rings is 1. The van der Waals surface area contributed by atoms with Crippen LogP contribution in [-0.4, -0.2) is 17.7 Å². The minimum atomic E-state index is 0.00264. The number of fused-ring (bicyclic) bond motifs is 1. The van der Waals surface area contributed by atoms with Crippen LogP contribution < -0.4 is 9.47 Å². The van der Waals surface area contributed by atoms with Gasteiger partial charge in [0.2, 0.25) is 0 Å². The molecule has 1 spiro atoms. The van der Waals surface area contributed by atoms with Crippen molar-refractivity contribution in [3.63, 3.8) is 0 Å². The Balaban J connectivity index is 1.76. The van der Waals surface area contributed by atoms with Crippen molar-refractivity contribution >= 4 is 11.6 Å². The van der Waals surface area contributed by atoms with E-state index in [0.29, 0.717) is 0 Å². The van der Waals surface area contributed by atoms with E-state index in [4.69, 9.17) is 9.47 Å². The Labute approximate surface area is 143 Å². The predicted octanol–water partition coefficient (Wildman–Crippen LogP) is 4.90. The second-order valence-corrected chi connectivity index (χ2v) is 6.90. The maximum Gasteiger partial charge on any atom is 0.165 e. The Hall–Kier alpha value is -2.29. The van der Waals surface area contributed by atoms with E-state index in [2.05, 4.69) is 24.1 Å². The van der Waals surface area contributed by atoms with Gasteiger partial charge in [0.05, 0.1) is 7.11 Å². The van der Waals surface area contributed by atoms with Gasteiger partial charge in [0.25, 0.3) is 0 Å². The van der Waals surface area contributed by atoms with E-state index in [-0.39, 0.29) is 5.60 Å². The molecule has 0 radical (unpaired) electrons. The second-order valence-electron chi connectivity index (χ2n) is 6.90. The molecule has 0 saturated heterocycles. The summed E-state index contributed by atoms with van der Waals surface area (Å²) in [5.41, 5.74) is 4.99. The van der Waals surface area contributed by atoms with Crippen molar-refractivity contribution < 1.29 is 9.47 Å². The predicted molar refractivity (Wildman–Crippen MR) is 96.3 cm³/mol. The summed E-state index contributed by atoms with van der Waals surface area (Å²) in [5.74, 6) is 1.81. The summed E-state index contributed by atoms with van der Waals surface area (Å²) in [5, 5.41) is 0. The van der Waals surface area contributed by atoms with E-state index in [1.807, 2.05) is 30.6 Å². The quantitative estimate of drug-likeness (QED) is 0.806. The molecule has 2 aromatic rings. The van der Waals surface area contributed by atoms with Crippen LogP contribution in [0.1, 0.15) is 49.3 Å². The van der Waals surface area contributed by atoms with E-state index < -0.39 is 0 Å². The lowest BCUT2D eigenvalue weighted by Crippen LogP contribution is -2.30. The molecule has 1 aliphatic carbocycles. The average Bonchev–Trinajstić information content (AvgIpc) is 3.21. The smallest absolute Gasteiger partial charge is 0.165 e. The lowest BCUT2D eigenvalue weighted by Gasteiger charge is -2.22. The second kappa shape index (κ2) is 5.97. The summed E-state index contributed by atoms with van der Waals surface area (Å²) >= 11 is 0. The monoisotopic (exact) mass is 321 g/mol. The molecule has 3 nitrogen and oxygen atoms in total. The molecule has 0 atom stereocenters. The van der Waals surface area contributed by atoms with Gasteiger partial charge in [-0.3, -0.25) is 4.98 Å². The highest BCUT2D eigenvalue weighted by atomic mass is 16.5.